The standard InChI is InChI=1S/C23H26N4O4S/c28-23(22-11-6-18-4-1-2-5-21(18)26-22)25-19-7-9-20(10-8-19)32(29,30)24-12-3-13-27-14-16-31-17-15-27/h1-2,4-11,24H,3,12-17H2,(H,25,28). The predicted octanol–water partition coefficient (Wildman–Crippen LogP) is 2.49. The molecule has 9 heteroatoms. The monoisotopic (exact) mass is 454 g/mol. The van der Waals surface area contributed by atoms with Crippen LogP contribution in [-0.4, -0.2) is 63.6 Å². The van der Waals surface area contributed by atoms with Crippen molar-refractivity contribution in [1.82, 2.24) is 14.6 Å². The number of hydrogen-bond acceptors (Lipinski definition) is 6. The molecule has 1 aliphatic rings. The van der Waals surface area contributed by atoms with Crippen molar-refractivity contribution in [3.05, 3.63) is 66.4 Å². The van der Waals surface area contributed by atoms with Crippen LogP contribution in [0.2, 0.25) is 0 Å². The topological polar surface area (TPSA) is 101 Å². The van der Waals surface area contributed by atoms with E-state index in [0.717, 1.165) is 50.2 Å². The van der Waals surface area contributed by atoms with Crippen LogP contribution in [-0.2, 0) is 14.8 Å². The lowest BCUT2D eigenvalue weighted by Crippen LogP contribution is -2.38. The average molecular weight is 455 g/mol. The second kappa shape index (κ2) is 10.2. The van der Waals surface area contributed by atoms with Crippen molar-refractivity contribution >= 4 is 32.5 Å². The normalized spacial score (nSPS) is 15.0. The van der Waals surface area contributed by atoms with E-state index in [2.05, 4.69) is 19.9 Å². The molecule has 3 aromatic rings. The van der Waals surface area contributed by atoms with Gasteiger partial charge in [0.1, 0.15) is 5.69 Å². The second-order valence-electron chi connectivity index (χ2n) is 7.57. The Labute approximate surface area is 187 Å². The fraction of sp³-hybridized carbons (Fsp3) is 0.304. The van der Waals surface area contributed by atoms with Crippen LogP contribution in [0.15, 0.2) is 65.6 Å². The van der Waals surface area contributed by atoms with Gasteiger partial charge in [-0.25, -0.2) is 18.1 Å². The molecule has 0 unspecified atom stereocenters. The number of amides is 1. The van der Waals surface area contributed by atoms with Gasteiger partial charge >= 0.3 is 0 Å². The maximum Gasteiger partial charge on any atom is 0.274 e. The zero-order valence-electron chi connectivity index (χ0n) is 17.7. The molecule has 2 heterocycles. The third-order valence-corrected chi connectivity index (χ3v) is 6.78. The number of sulfonamides is 1. The van der Waals surface area contributed by atoms with Crippen LogP contribution in [0.3, 0.4) is 0 Å². The van der Waals surface area contributed by atoms with Crippen LogP contribution in [0.1, 0.15) is 16.9 Å². The van der Waals surface area contributed by atoms with E-state index < -0.39 is 10.0 Å². The number of carbonyl (C=O) groups excluding carboxylic acids is 1. The van der Waals surface area contributed by atoms with Gasteiger partial charge in [-0.15, -0.1) is 0 Å². The molecule has 1 amide bonds. The lowest BCUT2D eigenvalue weighted by atomic mass is 10.2. The summed E-state index contributed by atoms with van der Waals surface area (Å²) in [6, 6.07) is 17.2. The number of aromatic nitrogens is 1. The molecule has 0 spiro atoms. The van der Waals surface area contributed by atoms with Gasteiger partial charge < -0.3 is 10.1 Å². The Morgan fingerprint density at radius 1 is 1.00 bits per heavy atom. The van der Waals surface area contributed by atoms with E-state index in [1.54, 1.807) is 18.2 Å². The Balaban J connectivity index is 1.31. The van der Waals surface area contributed by atoms with E-state index >= 15 is 0 Å². The number of benzene rings is 2. The predicted molar refractivity (Wildman–Crippen MR) is 123 cm³/mol. The van der Waals surface area contributed by atoms with Gasteiger partial charge in [-0.05, 0) is 49.4 Å². The first kappa shape index (κ1) is 22.3. The average Bonchev–Trinajstić information content (AvgIpc) is 2.82. The molecule has 0 aliphatic carbocycles. The van der Waals surface area contributed by atoms with Crippen molar-refractivity contribution in [3.8, 4) is 0 Å². The largest absolute Gasteiger partial charge is 0.379 e. The smallest absolute Gasteiger partial charge is 0.274 e. The van der Waals surface area contributed by atoms with Crippen molar-refractivity contribution in [2.75, 3.05) is 44.7 Å². The lowest BCUT2D eigenvalue weighted by molar-refractivity contribution is 0.0376. The van der Waals surface area contributed by atoms with Gasteiger partial charge in [-0.3, -0.25) is 9.69 Å². The molecule has 32 heavy (non-hydrogen) atoms. The number of anilines is 1. The van der Waals surface area contributed by atoms with Crippen molar-refractivity contribution in [2.24, 2.45) is 0 Å². The number of para-hydroxylation sites is 1. The zero-order chi connectivity index (χ0) is 22.4. The Bertz CT molecular complexity index is 1180. The summed E-state index contributed by atoms with van der Waals surface area (Å²) in [5.41, 5.74) is 1.53. The fourth-order valence-corrected chi connectivity index (χ4v) is 4.60. The molecular formula is C23H26N4O4S. The highest BCUT2D eigenvalue weighted by molar-refractivity contribution is 7.89. The number of nitrogens with one attached hydrogen (secondary N) is 2. The van der Waals surface area contributed by atoms with Gasteiger partial charge in [0.15, 0.2) is 0 Å². The summed E-state index contributed by atoms with van der Waals surface area (Å²) in [5.74, 6) is -0.354. The van der Waals surface area contributed by atoms with E-state index in [4.69, 9.17) is 4.74 Å². The summed E-state index contributed by atoms with van der Waals surface area (Å²) in [5, 5.41) is 3.71. The van der Waals surface area contributed by atoms with Crippen molar-refractivity contribution in [3.63, 3.8) is 0 Å². The molecule has 1 aliphatic heterocycles. The summed E-state index contributed by atoms with van der Waals surface area (Å²) in [7, 11) is -3.60. The van der Waals surface area contributed by atoms with E-state index in [-0.39, 0.29) is 10.8 Å². The molecule has 0 bridgehead atoms. The number of fused-ring (bicyclic) bond motifs is 1. The van der Waals surface area contributed by atoms with E-state index in [9.17, 15) is 13.2 Å². The van der Waals surface area contributed by atoms with Crippen molar-refractivity contribution < 1.29 is 17.9 Å². The summed E-state index contributed by atoms with van der Waals surface area (Å²) >= 11 is 0. The first-order valence-electron chi connectivity index (χ1n) is 10.6. The van der Waals surface area contributed by atoms with Crippen molar-refractivity contribution in [2.45, 2.75) is 11.3 Å². The van der Waals surface area contributed by atoms with E-state index in [1.165, 1.54) is 12.1 Å². The number of ether oxygens (including phenoxy) is 1. The van der Waals surface area contributed by atoms with Crippen LogP contribution in [0.4, 0.5) is 5.69 Å². The Morgan fingerprint density at radius 2 is 1.75 bits per heavy atom. The highest BCUT2D eigenvalue weighted by Gasteiger charge is 2.15. The third-order valence-electron chi connectivity index (χ3n) is 5.30. The highest BCUT2D eigenvalue weighted by Crippen LogP contribution is 2.16. The third kappa shape index (κ3) is 5.68. The minimum Gasteiger partial charge on any atom is -0.379 e. The van der Waals surface area contributed by atoms with E-state index in [0.29, 0.717) is 17.9 Å². The van der Waals surface area contributed by atoms with Crippen molar-refractivity contribution in [1.29, 1.82) is 0 Å². The summed E-state index contributed by atoms with van der Waals surface area (Å²) in [6.45, 7) is 4.42. The van der Waals surface area contributed by atoms with Gasteiger partial charge in [-0.1, -0.05) is 24.3 Å². The van der Waals surface area contributed by atoms with Gasteiger partial charge in [0.2, 0.25) is 10.0 Å². The molecule has 0 saturated carbocycles. The van der Waals surface area contributed by atoms with Crippen LogP contribution in [0, 0.1) is 0 Å². The molecule has 168 valence electrons. The maximum absolute atomic E-state index is 12.5. The Hall–Kier alpha value is -2.85. The highest BCUT2D eigenvalue weighted by atomic mass is 32.2. The maximum atomic E-state index is 12.5. The van der Waals surface area contributed by atoms with Gasteiger partial charge in [-0.2, -0.15) is 0 Å². The quantitative estimate of drug-likeness (QED) is 0.507. The first-order chi connectivity index (χ1) is 15.5. The molecular weight excluding hydrogens is 428 g/mol. The molecule has 0 radical (unpaired) electrons. The SMILES string of the molecule is O=C(Nc1ccc(S(=O)(=O)NCCCN2CCOCC2)cc1)c1ccc2ccccc2n1. The molecule has 2 aromatic carbocycles. The summed E-state index contributed by atoms with van der Waals surface area (Å²) in [4.78, 5) is 19.3. The van der Waals surface area contributed by atoms with Gasteiger partial charge in [0, 0.05) is 30.7 Å². The number of carbonyl (C=O) groups is 1. The number of nitrogens with zero attached hydrogens (tertiary/aromatic N) is 2. The Morgan fingerprint density at radius 3 is 2.53 bits per heavy atom. The minimum atomic E-state index is -3.60. The van der Waals surface area contributed by atoms with Crippen LogP contribution in [0.25, 0.3) is 10.9 Å². The molecule has 0 atom stereocenters. The summed E-state index contributed by atoms with van der Waals surface area (Å²) < 4.78 is 33.0. The molecule has 1 fully saturated rings. The van der Waals surface area contributed by atoms with Crippen LogP contribution in [0.5, 0.6) is 0 Å². The fourth-order valence-electron chi connectivity index (χ4n) is 3.52. The number of pyridine rings is 1. The number of morpholine rings is 1. The van der Waals surface area contributed by atoms with Gasteiger partial charge in [0.25, 0.3) is 5.91 Å². The molecule has 2 N–H and O–H groups in total. The number of rotatable bonds is 8. The van der Waals surface area contributed by atoms with Gasteiger partial charge in [0.05, 0.1) is 23.6 Å². The molecule has 8 nitrogen and oxygen atoms in total. The lowest BCUT2D eigenvalue weighted by Gasteiger charge is -2.26. The zero-order valence-corrected chi connectivity index (χ0v) is 18.5. The molecule has 1 aromatic heterocycles. The first-order valence-corrected chi connectivity index (χ1v) is 12.1. The number of hydrogen-bond donors (Lipinski definition) is 2. The van der Waals surface area contributed by atoms with Crippen LogP contribution >= 0.6 is 0 Å². The van der Waals surface area contributed by atoms with Crippen LogP contribution < -0.4 is 10.0 Å². The summed E-state index contributed by atoms with van der Waals surface area (Å²) in [6.07, 6.45) is 0.728. The van der Waals surface area contributed by atoms with E-state index in [1.807, 2.05) is 30.3 Å². The Kier molecular flexibility index (Phi) is 7.11. The molecule has 4 rings (SSSR count). The minimum absolute atomic E-state index is 0.158. The molecule has 1 saturated heterocycles. The second-order valence-corrected chi connectivity index (χ2v) is 9.34.